The third kappa shape index (κ3) is 3.33. The van der Waals surface area contributed by atoms with Crippen molar-refractivity contribution in [3.05, 3.63) is 35.4 Å². The van der Waals surface area contributed by atoms with Gasteiger partial charge in [0.15, 0.2) is 0 Å². The number of carbonyl (C=O) groups is 3. The number of sulfone groups is 1. The van der Waals surface area contributed by atoms with Crippen LogP contribution in [0.3, 0.4) is 0 Å². The Hall–Kier alpha value is -2.22. The first-order chi connectivity index (χ1) is 11.3. The number of imide groups is 1. The summed E-state index contributed by atoms with van der Waals surface area (Å²) in [6, 6.07) is 5.28. The first-order valence-corrected chi connectivity index (χ1v) is 9.79. The van der Waals surface area contributed by atoms with Crippen molar-refractivity contribution in [2.24, 2.45) is 0 Å². The first-order valence-electron chi connectivity index (χ1n) is 7.73. The van der Waals surface area contributed by atoms with Gasteiger partial charge in [0.25, 0.3) is 11.8 Å². The summed E-state index contributed by atoms with van der Waals surface area (Å²) in [5.41, 5.74) is 0.483. The van der Waals surface area contributed by atoms with Crippen LogP contribution in [0.1, 0.15) is 40.0 Å². The first kappa shape index (κ1) is 16.6. The molecule has 1 aliphatic heterocycles. The lowest BCUT2D eigenvalue weighted by molar-refractivity contribution is -0.125. The Bertz CT molecular complexity index is 779. The van der Waals surface area contributed by atoms with Crippen molar-refractivity contribution < 1.29 is 22.8 Å². The topological polar surface area (TPSA) is 101 Å². The van der Waals surface area contributed by atoms with Gasteiger partial charge in [-0.05, 0) is 31.4 Å². The number of nitrogens with one attached hydrogen (secondary N) is 1. The lowest BCUT2D eigenvalue weighted by Crippen LogP contribution is -2.50. The summed E-state index contributed by atoms with van der Waals surface area (Å²) < 4.78 is 22.9. The second-order valence-corrected chi connectivity index (χ2v) is 8.50. The maximum absolute atomic E-state index is 12.6. The number of nitrogens with zero attached hydrogens (tertiary/aromatic N) is 1. The molecule has 1 heterocycles. The minimum absolute atomic E-state index is 0.0495. The summed E-state index contributed by atoms with van der Waals surface area (Å²) in [5.74, 6) is -1.86. The number of amides is 3. The normalized spacial score (nSPS) is 18.5. The summed E-state index contributed by atoms with van der Waals surface area (Å²) in [5, 5.41) is 2.76. The largest absolute Gasteiger partial charge is 0.352 e. The quantitative estimate of drug-likeness (QED) is 0.747. The van der Waals surface area contributed by atoms with Crippen LogP contribution in [0.2, 0.25) is 0 Å². The average molecular weight is 350 g/mol. The van der Waals surface area contributed by atoms with E-state index in [0.717, 1.165) is 24.0 Å². The van der Waals surface area contributed by atoms with E-state index < -0.39 is 33.6 Å². The van der Waals surface area contributed by atoms with Crippen LogP contribution in [0.5, 0.6) is 0 Å². The fourth-order valence-electron chi connectivity index (χ4n) is 2.72. The molecule has 1 atom stereocenters. The van der Waals surface area contributed by atoms with Crippen molar-refractivity contribution in [1.29, 1.82) is 0 Å². The molecule has 3 amide bonds. The number of hydrogen-bond acceptors (Lipinski definition) is 5. The summed E-state index contributed by atoms with van der Waals surface area (Å²) in [4.78, 5) is 38.5. The van der Waals surface area contributed by atoms with Crippen molar-refractivity contribution in [3.63, 3.8) is 0 Å². The van der Waals surface area contributed by atoms with Gasteiger partial charge in [-0.3, -0.25) is 19.3 Å². The van der Waals surface area contributed by atoms with Crippen molar-refractivity contribution in [2.45, 2.75) is 31.3 Å². The van der Waals surface area contributed by atoms with E-state index in [0.29, 0.717) is 0 Å². The molecule has 128 valence electrons. The second kappa shape index (κ2) is 6.01. The molecule has 0 unspecified atom stereocenters. The van der Waals surface area contributed by atoms with Crippen molar-refractivity contribution in [2.75, 3.05) is 12.0 Å². The second-order valence-electron chi connectivity index (χ2n) is 6.24. The molecular formula is C16H18N2O5S. The standard InChI is InChI=1S/C16H18N2O5S/c1-24(22,23)9-8-13(14(19)17-10-6-7-10)18-15(20)11-4-2-3-5-12(11)16(18)21/h2-5,10,13H,6-9H2,1H3,(H,17,19)/t13-/m1/s1. The number of carbonyl (C=O) groups excluding carboxylic acids is 3. The Morgan fingerprint density at radius 1 is 1.21 bits per heavy atom. The predicted molar refractivity (Wildman–Crippen MR) is 86.2 cm³/mol. The van der Waals surface area contributed by atoms with Crippen LogP contribution in [0, 0.1) is 0 Å². The number of hydrogen-bond donors (Lipinski definition) is 1. The van der Waals surface area contributed by atoms with Crippen LogP contribution in [-0.4, -0.2) is 55.1 Å². The zero-order chi connectivity index (χ0) is 17.5. The molecule has 1 saturated carbocycles. The molecule has 1 aromatic rings. The van der Waals surface area contributed by atoms with E-state index in [9.17, 15) is 22.8 Å². The summed E-state index contributed by atoms with van der Waals surface area (Å²) in [6.45, 7) is 0. The van der Waals surface area contributed by atoms with Crippen molar-refractivity contribution in [3.8, 4) is 0 Å². The molecule has 1 aromatic carbocycles. The zero-order valence-electron chi connectivity index (χ0n) is 13.2. The molecule has 1 N–H and O–H groups in total. The number of benzene rings is 1. The van der Waals surface area contributed by atoms with Crippen molar-refractivity contribution in [1.82, 2.24) is 10.2 Å². The zero-order valence-corrected chi connectivity index (χ0v) is 14.0. The Labute approximate surface area is 139 Å². The van der Waals surface area contributed by atoms with Gasteiger partial charge in [-0.15, -0.1) is 0 Å². The van der Waals surface area contributed by atoms with Gasteiger partial charge >= 0.3 is 0 Å². The molecule has 1 aliphatic carbocycles. The van der Waals surface area contributed by atoms with E-state index in [4.69, 9.17) is 0 Å². The molecule has 0 radical (unpaired) electrons. The SMILES string of the molecule is CS(=O)(=O)CC[C@H](C(=O)NC1CC1)N1C(=O)c2ccccc2C1=O. The molecule has 0 bridgehead atoms. The van der Waals surface area contributed by atoms with Gasteiger partial charge in [-0.2, -0.15) is 0 Å². The molecule has 3 rings (SSSR count). The van der Waals surface area contributed by atoms with Gasteiger partial charge in [0.2, 0.25) is 5.91 Å². The molecule has 1 fully saturated rings. The van der Waals surface area contributed by atoms with Crippen LogP contribution in [0.15, 0.2) is 24.3 Å². The van der Waals surface area contributed by atoms with Crippen molar-refractivity contribution >= 4 is 27.6 Å². The van der Waals surface area contributed by atoms with E-state index in [1.54, 1.807) is 12.1 Å². The highest BCUT2D eigenvalue weighted by Crippen LogP contribution is 2.27. The fourth-order valence-corrected chi connectivity index (χ4v) is 3.37. The van der Waals surface area contributed by atoms with E-state index in [1.165, 1.54) is 12.1 Å². The monoisotopic (exact) mass is 350 g/mol. The van der Waals surface area contributed by atoms with E-state index in [2.05, 4.69) is 5.32 Å². The van der Waals surface area contributed by atoms with Crippen LogP contribution >= 0.6 is 0 Å². The van der Waals surface area contributed by atoms with Crippen LogP contribution in [0.25, 0.3) is 0 Å². The Kier molecular flexibility index (Phi) is 4.16. The minimum atomic E-state index is -3.33. The maximum Gasteiger partial charge on any atom is 0.262 e. The number of rotatable bonds is 6. The summed E-state index contributed by atoms with van der Waals surface area (Å²) in [6.07, 6.45) is 2.66. The third-order valence-electron chi connectivity index (χ3n) is 4.13. The van der Waals surface area contributed by atoms with Crippen LogP contribution in [-0.2, 0) is 14.6 Å². The lowest BCUT2D eigenvalue weighted by Gasteiger charge is -2.25. The highest BCUT2D eigenvalue weighted by atomic mass is 32.2. The average Bonchev–Trinajstić information content (AvgIpc) is 3.29. The fraction of sp³-hybridized carbons (Fsp3) is 0.438. The molecular weight excluding hydrogens is 332 g/mol. The van der Waals surface area contributed by atoms with Crippen LogP contribution < -0.4 is 5.32 Å². The minimum Gasteiger partial charge on any atom is -0.352 e. The molecule has 7 nitrogen and oxygen atoms in total. The van der Waals surface area contributed by atoms with Gasteiger partial charge in [0.1, 0.15) is 15.9 Å². The van der Waals surface area contributed by atoms with Gasteiger partial charge in [-0.25, -0.2) is 8.42 Å². The number of fused-ring (bicyclic) bond motifs is 1. The Morgan fingerprint density at radius 2 is 1.75 bits per heavy atom. The van der Waals surface area contributed by atoms with E-state index in [1.807, 2.05) is 0 Å². The highest BCUT2D eigenvalue weighted by molar-refractivity contribution is 7.90. The third-order valence-corrected chi connectivity index (χ3v) is 5.10. The molecule has 0 saturated heterocycles. The predicted octanol–water partition coefficient (Wildman–Crippen LogP) is 0.365. The maximum atomic E-state index is 12.6. The Balaban J connectivity index is 1.88. The van der Waals surface area contributed by atoms with E-state index in [-0.39, 0.29) is 29.3 Å². The molecule has 8 heteroatoms. The van der Waals surface area contributed by atoms with Gasteiger partial charge in [0.05, 0.1) is 16.9 Å². The molecule has 0 spiro atoms. The smallest absolute Gasteiger partial charge is 0.262 e. The molecule has 2 aliphatic rings. The van der Waals surface area contributed by atoms with E-state index >= 15 is 0 Å². The molecule has 24 heavy (non-hydrogen) atoms. The molecule has 0 aromatic heterocycles. The Morgan fingerprint density at radius 3 is 2.21 bits per heavy atom. The summed E-state index contributed by atoms with van der Waals surface area (Å²) in [7, 11) is -3.33. The van der Waals surface area contributed by atoms with Gasteiger partial charge in [-0.1, -0.05) is 12.1 Å². The van der Waals surface area contributed by atoms with Crippen LogP contribution in [0.4, 0.5) is 0 Å². The lowest BCUT2D eigenvalue weighted by atomic mass is 10.1. The summed E-state index contributed by atoms with van der Waals surface area (Å²) >= 11 is 0. The highest BCUT2D eigenvalue weighted by Gasteiger charge is 2.43. The van der Waals surface area contributed by atoms with Gasteiger partial charge in [0, 0.05) is 12.3 Å². The van der Waals surface area contributed by atoms with Gasteiger partial charge < -0.3 is 5.32 Å².